The Morgan fingerprint density at radius 1 is 0.950 bits per heavy atom. The number of aryl methyl sites for hydroxylation is 1. The quantitative estimate of drug-likeness (QED) is 0.183. The third-order valence-corrected chi connectivity index (χ3v) is 6.24. The second-order valence-corrected chi connectivity index (χ2v) is 9.51. The van der Waals surface area contributed by atoms with Gasteiger partial charge in [-0.05, 0) is 36.6 Å². The number of benzene rings is 2. The van der Waals surface area contributed by atoms with Crippen LogP contribution in [0.3, 0.4) is 0 Å². The van der Waals surface area contributed by atoms with E-state index >= 15 is 0 Å². The molecule has 2 atom stereocenters. The fourth-order valence-electron chi connectivity index (χ4n) is 4.04. The molecule has 216 valence electrons. The van der Waals surface area contributed by atoms with Crippen LogP contribution in [0.15, 0.2) is 54.6 Å². The van der Waals surface area contributed by atoms with Crippen LogP contribution in [0.1, 0.15) is 36.8 Å². The minimum absolute atomic E-state index is 0.0420. The number of carbonyl (C=O) groups is 3. The van der Waals surface area contributed by atoms with E-state index in [4.69, 9.17) is 0 Å². The van der Waals surface area contributed by atoms with Gasteiger partial charge in [0, 0.05) is 5.69 Å². The lowest BCUT2D eigenvalue weighted by molar-refractivity contribution is -0.653. The van der Waals surface area contributed by atoms with Gasteiger partial charge in [0.25, 0.3) is 5.91 Å². The number of amides is 3. The minimum Gasteiger partial charge on any atom is -0.347 e. The van der Waals surface area contributed by atoms with Gasteiger partial charge in [-0.25, -0.2) is 0 Å². The first-order valence-electron chi connectivity index (χ1n) is 13.4. The van der Waals surface area contributed by atoms with E-state index in [1.54, 1.807) is 4.90 Å². The van der Waals surface area contributed by atoms with Gasteiger partial charge in [-0.15, -0.1) is 0 Å². The van der Waals surface area contributed by atoms with Crippen LogP contribution in [0.4, 0.5) is 18.9 Å². The van der Waals surface area contributed by atoms with Crippen LogP contribution in [0.5, 0.6) is 0 Å². The van der Waals surface area contributed by atoms with E-state index < -0.39 is 35.6 Å². The van der Waals surface area contributed by atoms with Gasteiger partial charge in [-0.2, -0.15) is 13.2 Å². The minimum atomic E-state index is -4.57. The Labute approximate surface area is 233 Å². The molecule has 0 aliphatic rings. The third-order valence-electron chi connectivity index (χ3n) is 6.24. The van der Waals surface area contributed by atoms with Crippen LogP contribution in [-0.2, 0) is 27.0 Å². The van der Waals surface area contributed by atoms with E-state index in [1.807, 2.05) is 30.3 Å². The van der Waals surface area contributed by atoms with Gasteiger partial charge in [0.05, 0.1) is 45.5 Å². The highest BCUT2D eigenvalue weighted by Gasteiger charge is 2.32. The molecule has 0 radical (unpaired) electrons. The monoisotopic (exact) mass is 563 g/mol. The highest BCUT2D eigenvalue weighted by atomic mass is 19.4. The number of nitrogens with two attached hydrogens (primary N) is 1. The summed E-state index contributed by atoms with van der Waals surface area (Å²) in [5.74, 6) is -1.50. The van der Waals surface area contributed by atoms with Gasteiger partial charge < -0.3 is 26.6 Å². The van der Waals surface area contributed by atoms with E-state index in [-0.39, 0.29) is 24.4 Å². The van der Waals surface area contributed by atoms with Crippen molar-refractivity contribution in [2.45, 2.75) is 50.4 Å². The first-order valence-corrected chi connectivity index (χ1v) is 13.4. The summed E-state index contributed by atoms with van der Waals surface area (Å²) >= 11 is 0. The summed E-state index contributed by atoms with van der Waals surface area (Å²) in [5, 5.41) is 7.20. The van der Waals surface area contributed by atoms with Gasteiger partial charge >= 0.3 is 6.18 Å². The lowest BCUT2D eigenvalue weighted by Crippen LogP contribution is -2.85. The second-order valence-electron chi connectivity index (χ2n) is 9.51. The van der Waals surface area contributed by atoms with Crippen molar-refractivity contribution in [3.8, 4) is 0 Å². The summed E-state index contributed by atoms with van der Waals surface area (Å²) in [4.78, 5) is 40.7. The zero-order chi connectivity index (χ0) is 29.5. The zero-order valence-electron chi connectivity index (χ0n) is 22.7. The van der Waals surface area contributed by atoms with E-state index in [1.165, 1.54) is 12.1 Å². The number of nitrogens with one attached hydrogen (secondary N) is 2. The highest BCUT2D eigenvalue weighted by molar-refractivity contribution is 5.98. The number of halogens is 3. The Morgan fingerprint density at radius 2 is 1.68 bits per heavy atom. The van der Waals surface area contributed by atoms with Crippen molar-refractivity contribution in [3.63, 3.8) is 0 Å². The molecule has 7 N–H and O–H groups in total. The van der Waals surface area contributed by atoms with Crippen LogP contribution in [0.25, 0.3) is 0 Å². The average molecular weight is 564 g/mol. The van der Waals surface area contributed by atoms with Crippen molar-refractivity contribution in [1.82, 2.24) is 10.2 Å². The maximum atomic E-state index is 13.1. The van der Waals surface area contributed by atoms with Gasteiger partial charge in [0.1, 0.15) is 25.4 Å². The SMILES string of the molecule is [CH2+]CC[NH2+]CCN(CC[CH2+])C(=O)CC([NH3+])C(=O)NC(CCc1ccccc1)C(=O)Nc1cccc(C(F)(F)F)c1. The molecule has 0 aromatic heterocycles. The van der Waals surface area contributed by atoms with Crippen molar-refractivity contribution in [1.29, 1.82) is 0 Å². The molecule has 2 aromatic carbocycles. The number of nitrogens with zero attached hydrogens (tertiary/aromatic N) is 1. The average Bonchev–Trinajstić information content (AvgIpc) is 2.92. The predicted molar refractivity (Wildman–Crippen MR) is 146 cm³/mol. The van der Waals surface area contributed by atoms with Crippen LogP contribution < -0.4 is 21.7 Å². The molecule has 0 spiro atoms. The maximum Gasteiger partial charge on any atom is 0.416 e. The summed E-state index contributed by atoms with van der Waals surface area (Å²) < 4.78 is 39.4. The van der Waals surface area contributed by atoms with Crippen molar-refractivity contribution in [2.24, 2.45) is 0 Å². The fourth-order valence-corrected chi connectivity index (χ4v) is 4.04. The van der Waals surface area contributed by atoms with E-state index in [0.29, 0.717) is 32.5 Å². The summed E-state index contributed by atoms with van der Waals surface area (Å²) in [6, 6.07) is 11.5. The van der Waals surface area contributed by atoms with Crippen LogP contribution in [-0.4, -0.2) is 60.9 Å². The lowest BCUT2D eigenvalue weighted by Gasteiger charge is -2.22. The highest BCUT2D eigenvalue weighted by Crippen LogP contribution is 2.30. The number of alkyl halides is 3. The molecule has 2 rings (SSSR count). The first kappa shape index (κ1) is 32.5. The molecule has 11 heteroatoms. The largest absolute Gasteiger partial charge is 0.416 e. The molecule has 0 heterocycles. The van der Waals surface area contributed by atoms with Crippen LogP contribution in [0.2, 0.25) is 0 Å². The molecule has 3 amide bonds. The topological polar surface area (TPSA) is 123 Å². The Morgan fingerprint density at radius 3 is 2.33 bits per heavy atom. The van der Waals surface area contributed by atoms with Gasteiger partial charge in [0.15, 0.2) is 6.04 Å². The summed E-state index contributed by atoms with van der Waals surface area (Å²) in [7, 11) is 0. The first-order chi connectivity index (χ1) is 19.0. The van der Waals surface area contributed by atoms with Gasteiger partial charge in [-0.3, -0.25) is 14.4 Å². The second kappa shape index (κ2) is 16.4. The Hall–Kier alpha value is -3.70. The van der Waals surface area contributed by atoms with E-state index in [0.717, 1.165) is 30.7 Å². The number of hydrogen-bond donors (Lipinski definition) is 4. The van der Waals surface area contributed by atoms with Gasteiger partial charge in [0.2, 0.25) is 11.8 Å². The standard InChI is InChI=1S/C29H36F3N5O3/c1-3-15-34-16-18-37(17-4-2)26(38)20-24(33)27(39)36-25(14-13-21-9-6-5-7-10-21)28(40)35-23-12-8-11-22(19-23)29(30,31)32/h5-12,19,24-25,34H,1-4,13-18,20,33H2/p+4. The molecule has 0 aliphatic carbocycles. The molecule has 0 aliphatic heterocycles. The molecular weight excluding hydrogens is 523 g/mol. The van der Waals surface area contributed by atoms with Crippen LogP contribution >= 0.6 is 0 Å². The smallest absolute Gasteiger partial charge is 0.347 e. The number of anilines is 1. The van der Waals surface area contributed by atoms with Crippen molar-refractivity contribution in [2.75, 3.05) is 31.5 Å². The molecule has 2 unspecified atom stereocenters. The normalized spacial score (nSPS) is 12.8. The molecule has 8 nitrogen and oxygen atoms in total. The molecule has 0 saturated heterocycles. The third kappa shape index (κ3) is 11.2. The van der Waals surface area contributed by atoms with Crippen LogP contribution in [0, 0.1) is 13.8 Å². The maximum absolute atomic E-state index is 13.1. The molecule has 2 aromatic rings. The molecular formula is C29H40F3N5O3+4. The molecule has 0 fully saturated rings. The van der Waals surface area contributed by atoms with Gasteiger partial charge in [-0.1, -0.05) is 36.4 Å². The molecule has 0 bridgehead atoms. The lowest BCUT2D eigenvalue weighted by atomic mass is 10.0. The van der Waals surface area contributed by atoms with Crippen molar-refractivity contribution in [3.05, 3.63) is 79.6 Å². The summed E-state index contributed by atoms with van der Waals surface area (Å²) in [5.41, 5.74) is 3.82. The number of rotatable bonds is 16. The van der Waals surface area contributed by atoms with E-state index in [9.17, 15) is 27.6 Å². The number of carbonyl (C=O) groups excluding carboxylic acids is 3. The predicted octanol–water partition coefficient (Wildman–Crippen LogP) is 1.60. The van der Waals surface area contributed by atoms with Crippen molar-refractivity contribution < 1.29 is 38.6 Å². The zero-order valence-corrected chi connectivity index (χ0v) is 22.7. The Bertz CT molecular complexity index is 1080. The molecule has 0 saturated carbocycles. The Kier molecular flexibility index (Phi) is 13.3. The fraction of sp³-hybridized carbons (Fsp3) is 0.414. The summed E-state index contributed by atoms with van der Waals surface area (Å²) in [6.45, 7) is 10.1. The summed E-state index contributed by atoms with van der Waals surface area (Å²) in [6.07, 6.45) is -2.80. The van der Waals surface area contributed by atoms with Crippen molar-refractivity contribution >= 4 is 23.4 Å². The van der Waals surface area contributed by atoms with E-state index in [2.05, 4.69) is 35.5 Å². The molecule has 40 heavy (non-hydrogen) atoms. The number of hydrogen-bond acceptors (Lipinski definition) is 3. The Balaban J connectivity index is 2.09. The number of quaternary nitrogens is 2.